The van der Waals surface area contributed by atoms with Gasteiger partial charge in [0.2, 0.25) is 0 Å². The zero-order chi connectivity index (χ0) is 9.68. The molecule has 0 aliphatic carbocycles. The Kier molecular flexibility index (Phi) is 3.90. The number of hydrogen-bond donors (Lipinski definition) is 1. The zero-order valence-electron chi connectivity index (χ0n) is 7.96. The molecule has 1 aromatic rings. The minimum atomic E-state index is -0.184. The Morgan fingerprint density at radius 3 is 2.38 bits per heavy atom. The summed E-state index contributed by atoms with van der Waals surface area (Å²) in [6.45, 7) is 2.77. The summed E-state index contributed by atoms with van der Waals surface area (Å²) in [5.41, 5.74) is 6.78. The fraction of sp³-hybridized carbons (Fsp3) is 0.455. The van der Waals surface area contributed by atoms with Crippen LogP contribution in [0.1, 0.15) is 31.2 Å². The highest BCUT2D eigenvalue weighted by molar-refractivity contribution is 5.20. The van der Waals surface area contributed by atoms with Crippen LogP contribution in [0.25, 0.3) is 0 Å². The van der Waals surface area contributed by atoms with Crippen molar-refractivity contribution in [3.8, 4) is 0 Å². The smallest absolute Gasteiger partial charge is 0.123 e. The molecule has 72 valence electrons. The van der Waals surface area contributed by atoms with Crippen LogP contribution in [-0.2, 0) is 0 Å². The molecule has 0 aliphatic heterocycles. The third kappa shape index (κ3) is 2.81. The van der Waals surface area contributed by atoms with Crippen LogP contribution in [0.5, 0.6) is 0 Å². The van der Waals surface area contributed by atoms with Crippen molar-refractivity contribution in [2.24, 2.45) is 5.73 Å². The van der Waals surface area contributed by atoms with E-state index in [0.717, 1.165) is 18.4 Å². The van der Waals surface area contributed by atoms with Crippen LogP contribution < -0.4 is 5.73 Å². The SMILES string of the molecule is CCC[C@@H](CN)c1ccc(F)cc1. The molecule has 1 nitrogen and oxygen atoms in total. The van der Waals surface area contributed by atoms with Crippen LogP contribution in [0.15, 0.2) is 24.3 Å². The minimum absolute atomic E-state index is 0.184. The van der Waals surface area contributed by atoms with Gasteiger partial charge in [-0.25, -0.2) is 4.39 Å². The van der Waals surface area contributed by atoms with Gasteiger partial charge in [-0.05, 0) is 36.6 Å². The standard InChI is InChI=1S/C11H16FN/c1-2-3-10(8-13)9-4-6-11(12)7-5-9/h4-7,10H,2-3,8,13H2,1H3/t10-/m0/s1. The highest BCUT2D eigenvalue weighted by Gasteiger charge is 2.07. The second-order valence-electron chi connectivity index (χ2n) is 3.27. The third-order valence-electron chi connectivity index (χ3n) is 2.26. The van der Waals surface area contributed by atoms with E-state index < -0.39 is 0 Å². The maximum absolute atomic E-state index is 12.6. The van der Waals surface area contributed by atoms with E-state index in [1.165, 1.54) is 12.1 Å². The second kappa shape index (κ2) is 4.97. The third-order valence-corrected chi connectivity index (χ3v) is 2.26. The van der Waals surface area contributed by atoms with Gasteiger partial charge >= 0.3 is 0 Å². The maximum Gasteiger partial charge on any atom is 0.123 e. The first-order valence-corrected chi connectivity index (χ1v) is 4.73. The molecule has 1 atom stereocenters. The lowest BCUT2D eigenvalue weighted by molar-refractivity contribution is 0.609. The number of halogens is 1. The van der Waals surface area contributed by atoms with Gasteiger partial charge in [0.05, 0.1) is 0 Å². The second-order valence-corrected chi connectivity index (χ2v) is 3.27. The monoisotopic (exact) mass is 181 g/mol. The molecule has 0 heterocycles. The Morgan fingerprint density at radius 2 is 1.92 bits per heavy atom. The van der Waals surface area contributed by atoms with Gasteiger partial charge in [-0.15, -0.1) is 0 Å². The summed E-state index contributed by atoms with van der Waals surface area (Å²) in [5.74, 6) is 0.196. The first kappa shape index (κ1) is 10.2. The summed E-state index contributed by atoms with van der Waals surface area (Å²) < 4.78 is 12.6. The number of nitrogens with two attached hydrogens (primary N) is 1. The lowest BCUT2D eigenvalue weighted by Crippen LogP contribution is -2.12. The molecule has 0 spiro atoms. The van der Waals surface area contributed by atoms with Crippen molar-refractivity contribution in [2.75, 3.05) is 6.54 Å². The molecule has 0 aromatic heterocycles. The first-order chi connectivity index (χ1) is 6.27. The molecule has 1 aromatic carbocycles. The summed E-state index contributed by atoms with van der Waals surface area (Å²) in [4.78, 5) is 0. The van der Waals surface area contributed by atoms with E-state index in [1.807, 2.05) is 12.1 Å². The summed E-state index contributed by atoms with van der Waals surface area (Å²) >= 11 is 0. The fourth-order valence-electron chi connectivity index (χ4n) is 1.50. The average molecular weight is 181 g/mol. The van der Waals surface area contributed by atoms with Gasteiger partial charge in [0.15, 0.2) is 0 Å². The molecule has 0 saturated heterocycles. The van der Waals surface area contributed by atoms with Gasteiger partial charge in [0.1, 0.15) is 5.82 Å². The van der Waals surface area contributed by atoms with Crippen molar-refractivity contribution < 1.29 is 4.39 Å². The molecule has 0 unspecified atom stereocenters. The predicted octanol–water partition coefficient (Wildman–Crippen LogP) is 2.67. The van der Waals surface area contributed by atoms with Crippen LogP contribution in [0.4, 0.5) is 4.39 Å². The van der Waals surface area contributed by atoms with E-state index in [2.05, 4.69) is 6.92 Å². The van der Waals surface area contributed by atoms with Gasteiger partial charge in [0, 0.05) is 0 Å². The van der Waals surface area contributed by atoms with Gasteiger partial charge < -0.3 is 5.73 Å². The van der Waals surface area contributed by atoms with E-state index in [9.17, 15) is 4.39 Å². The van der Waals surface area contributed by atoms with Crippen molar-refractivity contribution in [1.82, 2.24) is 0 Å². The molecule has 13 heavy (non-hydrogen) atoms. The molecule has 2 N–H and O–H groups in total. The van der Waals surface area contributed by atoms with Crippen molar-refractivity contribution in [3.05, 3.63) is 35.6 Å². The van der Waals surface area contributed by atoms with E-state index >= 15 is 0 Å². The summed E-state index contributed by atoms with van der Waals surface area (Å²) in [6, 6.07) is 6.63. The van der Waals surface area contributed by atoms with Crippen molar-refractivity contribution in [1.29, 1.82) is 0 Å². The van der Waals surface area contributed by atoms with Crippen molar-refractivity contribution in [2.45, 2.75) is 25.7 Å². The lowest BCUT2D eigenvalue weighted by atomic mass is 9.95. The summed E-state index contributed by atoms with van der Waals surface area (Å²) in [6.07, 6.45) is 2.18. The van der Waals surface area contributed by atoms with Gasteiger partial charge in [-0.1, -0.05) is 25.5 Å². The van der Waals surface area contributed by atoms with Gasteiger partial charge in [0.25, 0.3) is 0 Å². The Bertz CT molecular complexity index is 243. The van der Waals surface area contributed by atoms with Crippen molar-refractivity contribution in [3.63, 3.8) is 0 Å². The Morgan fingerprint density at radius 1 is 1.31 bits per heavy atom. The van der Waals surface area contributed by atoms with E-state index in [0.29, 0.717) is 12.5 Å². The highest BCUT2D eigenvalue weighted by Crippen LogP contribution is 2.19. The number of hydrogen-bond acceptors (Lipinski definition) is 1. The molecule has 0 radical (unpaired) electrons. The van der Waals surface area contributed by atoms with E-state index in [4.69, 9.17) is 5.73 Å². The molecule has 0 aliphatic rings. The Balaban J connectivity index is 2.73. The molecule has 0 amide bonds. The quantitative estimate of drug-likeness (QED) is 0.759. The summed E-state index contributed by atoms with van der Waals surface area (Å²) in [5, 5.41) is 0. The fourth-order valence-corrected chi connectivity index (χ4v) is 1.50. The van der Waals surface area contributed by atoms with E-state index in [1.54, 1.807) is 0 Å². The maximum atomic E-state index is 12.6. The molecule has 0 bridgehead atoms. The van der Waals surface area contributed by atoms with Gasteiger partial charge in [-0.2, -0.15) is 0 Å². The molecule has 0 fully saturated rings. The first-order valence-electron chi connectivity index (χ1n) is 4.73. The molecule has 0 saturated carbocycles. The van der Waals surface area contributed by atoms with Crippen LogP contribution >= 0.6 is 0 Å². The predicted molar refractivity (Wildman–Crippen MR) is 53.1 cm³/mol. The van der Waals surface area contributed by atoms with Crippen molar-refractivity contribution >= 4 is 0 Å². The van der Waals surface area contributed by atoms with E-state index in [-0.39, 0.29) is 5.82 Å². The highest BCUT2D eigenvalue weighted by atomic mass is 19.1. The van der Waals surface area contributed by atoms with Crippen LogP contribution in [0.2, 0.25) is 0 Å². The van der Waals surface area contributed by atoms with Crippen LogP contribution in [0.3, 0.4) is 0 Å². The number of rotatable bonds is 4. The molecular weight excluding hydrogens is 165 g/mol. The largest absolute Gasteiger partial charge is 0.330 e. The normalized spacial score (nSPS) is 12.8. The Hall–Kier alpha value is -0.890. The Labute approximate surface area is 78.8 Å². The zero-order valence-corrected chi connectivity index (χ0v) is 7.96. The topological polar surface area (TPSA) is 26.0 Å². The van der Waals surface area contributed by atoms with Crippen LogP contribution in [0, 0.1) is 5.82 Å². The van der Waals surface area contributed by atoms with Gasteiger partial charge in [-0.3, -0.25) is 0 Å². The average Bonchev–Trinajstić information content (AvgIpc) is 2.16. The molecule has 1 rings (SSSR count). The van der Waals surface area contributed by atoms with Crippen LogP contribution in [-0.4, -0.2) is 6.54 Å². The lowest BCUT2D eigenvalue weighted by Gasteiger charge is -2.13. The minimum Gasteiger partial charge on any atom is -0.330 e. The number of benzene rings is 1. The summed E-state index contributed by atoms with van der Waals surface area (Å²) in [7, 11) is 0. The molecule has 2 heteroatoms. The molecular formula is C11H16FN.